The van der Waals surface area contributed by atoms with Gasteiger partial charge in [-0.1, -0.05) is 0 Å². The van der Waals surface area contributed by atoms with E-state index in [1.54, 1.807) is 7.11 Å². The highest BCUT2D eigenvalue weighted by Crippen LogP contribution is 2.08. The van der Waals surface area contributed by atoms with Gasteiger partial charge in [-0.25, -0.2) is 4.39 Å². The van der Waals surface area contributed by atoms with Gasteiger partial charge in [0.05, 0.1) is 13.2 Å². The predicted molar refractivity (Wildman–Crippen MR) is 75.4 cm³/mol. The molecular weight excluding hydrogens is 261 g/mol. The number of carbonyl (C=O) groups excluding carboxylic acids is 1. The molecule has 0 aliphatic rings. The van der Waals surface area contributed by atoms with Crippen LogP contribution in [0.4, 0.5) is 4.39 Å². The quantitative estimate of drug-likeness (QED) is 0.664. The summed E-state index contributed by atoms with van der Waals surface area (Å²) in [4.78, 5) is 14.0. The molecule has 0 amide bonds. The van der Waals surface area contributed by atoms with Gasteiger partial charge in [0.2, 0.25) is 0 Å². The molecule has 112 valence electrons. The number of ether oxygens (including phenoxy) is 1. The van der Waals surface area contributed by atoms with Gasteiger partial charge in [-0.2, -0.15) is 0 Å². The third-order valence-corrected chi connectivity index (χ3v) is 3.07. The Labute approximate surface area is 119 Å². The number of aliphatic hydroxyl groups is 1. The van der Waals surface area contributed by atoms with Crippen LogP contribution in [0.2, 0.25) is 0 Å². The maximum Gasteiger partial charge on any atom is 0.162 e. The van der Waals surface area contributed by atoms with Gasteiger partial charge in [-0.15, -0.1) is 0 Å². The van der Waals surface area contributed by atoms with Gasteiger partial charge in [0.25, 0.3) is 0 Å². The molecular formula is C15H22FNO3. The van der Waals surface area contributed by atoms with E-state index >= 15 is 0 Å². The van der Waals surface area contributed by atoms with E-state index in [9.17, 15) is 9.18 Å². The van der Waals surface area contributed by atoms with Crippen LogP contribution in [0.15, 0.2) is 24.3 Å². The van der Waals surface area contributed by atoms with Crippen molar-refractivity contribution in [3.63, 3.8) is 0 Å². The fraction of sp³-hybridized carbons (Fsp3) is 0.533. The molecule has 0 aromatic heterocycles. The van der Waals surface area contributed by atoms with Crippen LogP contribution in [-0.2, 0) is 4.74 Å². The topological polar surface area (TPSA) is 49.8 Å². The summed E-state index contributed by atoms with van der Waals surface area (Å²) >= 11 is 0. The van der Waals surface area contributed by atoms with Gasteiger partial charge >= 0.3 is 0 Å². The number of nitrogens with zero attached hydrogens (tertiary/aromatic N) is 1. The van der Waals surface area contributed by atoms with Gasteiger partial charge in [0.1, 0.15) is 5.82 Å². The lowest BCUT2D eigenvalue weighted by atomic mass is 10.1. The molecule has 5 heteroatoms. The number of hydrogen-bond donors (Lipinski definition) is 1. The van der Waals surface area contributed by atoms with Gasteiger partial charge < -0.3 is 9.84 Å². The predicted octanol–water partition coefficient (Wildman–Crippen LogP) is 1.73. The Balaban J connectivity index is 2.34. The standard InChI is InChI=1S/C15H22FNO3/c1-20-12-10-17(9-11-18)8-2-3-15(19)13-4-6-14(16)7-5-13/h4-7,18H,2-3,8-12H2,1H3. The second kappa shape index (κ2) is 9.58. The van der Waals surface area contributed by atoms with Crippen LogP contribution in [0.1, 0.15) is 23.2 Å². The molecule has 0 saturated carbocycles. The molecule has 0 spiro atoms. The first kappa shape index (κ1) is 16.8. The van der Waals surface area contributed by atoms with Gasteiger partial charge in [0, 0.05) is 32.2 Å². The van der Waals surface area contributed by atoms with E-state index in [1.165, 1.54) is 24.3 Å². The normalized spacial score (nSPS) is 11.0. The summed E-state index contributed by atoms with van der Waals surface area (Å²) in [5.41, 5.74) is 0.539. The summed E-state index contributed by atoms with van der Waals surface area (Å²) in [6.07, 6.45) is 1.13. The van der Waals surface area contributed by atoms with Crippen molar-refractivity contribution in [3.8, 4) is 0 Å². The van der Waals surface area contributed by atoms with Crippen LogP contribution in [0.25, 0.3) is 0 Å². The summed E-state index contributed by atoms with van der Waals surface area (Å²) in [7, 11) is 1.63. The van der Waals surface area contributed by atoms with Crippen LogP contribution in [0.3, 0.4) is 0 Å². The number of rotatable bonds is 10. The fourth-order valence-electron chi connectivity index (χ4n) is 1.94. The van der Waals surface area contributed by atoms with E-state index < -0.39 is 0 Å². The molecule has 0 radical (unpaired) electrons. The molecule has 1 rings (SSSR count). The minimum atomic E-state index is -0.338. The SMILES string of the molecule is COCCN(CCO)CCCC(=O)c1ccc(F)cc1. The lowest BCUT2D eigenvalue weighted by molar-refractivity contribution is 0.0965. The van der Waals surface area contributed by atoms with Crippen molar-refractivity contribution in [1.82, 2.24) is 4.90 Å². The zero-order valence-corrected chi connectivity index (χ0v) is 11.8. The number of carbonyl (C=O) groups is 1. The summed E-state index contributed by atoms with van der Waals surface area (Å²) in [5.74, 6) is -0.323. The third-order valence-electron chi connectivity index (χ3n) is 3.07. The van der Waals surface area contributed by atoms with Crippen molar-refractivity contribution in [2.45, 2.75) is 12.8 Å². The van der Waals surface area contributed by atoms with Crippen LogP contribution in [0, 0.1) is 5.82 Å². The van der Waals surface area contributed by atoms with Crippen LogP contribution < -0.4 is 0 Å². The number of ketones is 1. The number of aliphatic hydroxyl groups excluding tert-OH is 1. The molecule has 0 atom stereocenters. The Bertz CT molecular complexity index is 395. The second-order valence-electron chi connectivity index (χ2n) is 4.59. The average molecular weight is 283 g/mol. The molecule has 20 heavy (non-hydrogen) atoms. The van der Waals surface area contributed by atoms with Crippen molar-refractivity contribution in [3.05, 3.63) is 35.6 Å². The van der Waals surface area contributed by atoms with Crippen LogP contribution in [-0.4, -0.2) is 55.7 Å². The monoisotopic (exact) mass is 283 g/mol. The number of halogens is 1. The Morgan fingerprint density at radius 3 is 2.55 bits per heavy atom. The molecule has 0 aliphatic heterocycles. The highest BCUT2D eigenvalue weighted by atomic mass is 19.1. The Kier molecular flexibility index (Phi) is 8.02. The van der Waals surface area contributed by atoms with Crippen molar-refractivity contribution < 1.29 is 19.0 Å². The van der Waals surface area contributed by atoms with Crippen LogP contribution in [0.5, 0.6) is 0 Å². The van der Waals surface area contributed by atoms with Crippen molar-refractivity contribution in [2.24, 2.45) is 0 Å². The fourth-order valence-corrected chi connectivity index (χ4v) is 1.94. The molecule has 0 unspecified atom stereocenters. The molecule has 1 aromatic rings. The lowest BCUT2D eigenvalue weighted by Crippen LogP contribution is -2.31. The minimum absolute atomic E-state index is 0.0145. The molecule has 1 N–H and O–H groups in total. The zero-order valence-electron chi connectivity index (χ0n) is 11.8. The third kappa shape index (κ3) is 6.23. The first-order valence-electron chi connectivity index (χ1n) is 6.78. The second-order valence-corrected chi connectivity index (χ2v) is 4.59. The first-order chi connectivity index (χ1) is 9.67. The summed E-state index contributed by atoms with van der Waals surface area (Å²) < 4.78 is 17.8. The molecule has 0 heterocycles. The molecule has 0 fully saturated rings. The van der Waals surface area contributed by atoms with E-state index in [2.05, 4.69) is 4.90 Å². The van der Waals surface area contributed by atoms with E-state index in [1.807, 2.05) is 0 Å². The lowest BCUT2D eigenvalue weighted by Gasteiger charge is -2.20. The van der Waals surface area contributed by atoms with Gasteiger partial charge in [-0.3, -0.25) is 9.69 Å². The molecule has 0 bridgehead atoms. The number of benzene rings is 1. The molecule has 4 nitrogen and oxygen atoms in total. The van der Waals surface area contributed by atoms with E-state index in [4.69, 9.17) is 9.84 Å². The summed E-state index contributed by atoms with van der Waals surface area (Å²) in [6, 6.07) is 5.61. The summed E-state index contributed by atoms with van der Waals surface area (Å²) in [5, 5.41) is 8.96. The maximum atomic E-state index is 12.8. The van der Waals surface area contributed by atoms with E-state index in [-0.39, 0.29) is 18.2 Å². The van der Waals surface area contributed by atoms with Crippen molar-refractivity contribution >= 4 is 5.78 Å². The largest absolute Gasteiger partial charge is 0.395 e. The van der Waals surface area contributed by atoms with Gasteiger partial charge in [0.15, 0.2) is 5.78 Å². The Hall–Kier alpha value is -1.30. The molecule has 0 aliphatic carbocycles. The van der Waals surface area contributed by atoms with Gasteiger partial charge in [-0.05, 0) is 37.2 Å². The highest BCUT2D eigenvalue weighted by molar-refractivity contribution is 5.95. The molecule has 1 aromatic carbocycles. The minimum Gasteiger partial charge on any atom is -0.395 e. The van der Waals surface area contributed by atoms with Crippen molar-refractivity contribution in [2.75, 3.05) is 40.0 Å². The number of Topliss-reactive ketones (excluding diaryl/α,β-unsaturated/α-hetero) is 1. The maximum absolute atomic E-state index is 12.8. The zero-order chi connectivity index (χ0) is 14.8. The number of hydrogen-bond acceptors (Lipinski definition) is 4. The Morgan fingerprint density at radius 2 is 1.95 bits per heavy atom. The van der Waals surface area contributed by atoms with Crippen LogP contribution >= 0.6 is 0 Å². The smallest absolute Gasteiger partial charge is 0.162 e. The summed E-state index contributed by atoms with van der Waals surface area (Å²) in [6.45, 7) is 2.74. The van der Waals surface area contributed by atoms with E-state index in [0.717, 1.165) is 13.1 Å². The Morgan fingerprint density at radius 1 is 1.25 bits per heavy atom. The van der Waals surface area contributed by atoms with E-state index in [0.29, 0.717) is 31.6 Å². The highest BCUT2D eigenvalue weighted by Gasteiger charge is 2.08. The molecule has 0 saturated heterocycles. The average Bonchev–Trinajstić information content (AvgIpc) is 2.45. The van der Waals surface area contributed by atoms with Crippen molar-refractivity contribution in [1.29, 1.82) is 0 Å². The first-order valence-corrected chi connectivity index (χ1v) is 6.78. The number of methoxy groups -OCH3 is 1.